The van der Waals surface area contributed by atoms with Crippen molar-refractivity contribution in [1.82, 2.24) is 5.43 Å². The normalized spacial score (nSPS) is 13.1. The minimum Gasteiger partial charge on any atom is -0.374 e. The Balaban J connectivity index is 2.25. The molecule has 2 rings (SSSR count). The minimum absolute atomic E-state index is 0.0535. The zero-order valence-corrected chi connectivity index (χ0v) is 13.0. The van der Waals surface area contributed by atoms with E-state index in [1.807, 2.05) is 39.0 Å². The highest BCUT2D eigenvalue weighted by Gasteiger charge is 2.30. The van der Waals surface area contributed by atoms with Crippen molar-refractivity contribution >= 4 is 0 Å². The van der Waals surface area contributed by atoms with Crippen LogP contribution in [-0.2, 0) is 4.74 Å². The van der Waals surface area contributed by atoms with Crippen LogP contribution < -0.4 is 11.3 Å². The second-order valence-corrected chi connectivity index (χ2v) is 5.62. The number of hydrogen-bond donors (Lipinski definition) is 2. The Morgan fingerprint density at radius 2 is 1.57 bits per heavy atom. The Hall–Kier alpha value is -1.68. The smallest absolute Gasteiger partial charge is 0.0833 e. The largest absolute Gasteiger partial charge is 0.374 e. The van der Waals surface area contributed by atoms with E-state index in [1.54, 1.807) is 0 Å². The topological polar surface area (TPSA) is 47.3 Å². The zero-order chi connectivity index (χ0) is 15.3. The molecule has 1 atom stereocenters. The van der Waals surface area contributed by atoms with E-state index in [4.69, 9.17) is 10.6 Å². The van der Waals surface area contributed by atoms with Gasteiger partial charge in [0.2, 0.25) is 0 Å². The lowest BCUT2D eigenvalue weighted by atomic mass is 9.91. The second kappa shape index (κ2) is 6.85. The molecular weight excluding hydrogens is 260 g/mol. The Bertz CT molecular complexity index is 549. The van der Waals surface area contributed by atoms with Gasteiger partial charge in [-0.3, -0.25) is 11.3 Å². The molecule has 0 aliphatic rings. The Labute approximate surface area is 127 Å². The molecule has 0 bridgehead atoms. The summed E-state index contributed by atoms with van der Waals surface area (Å²) in [5.74, 6) is 5.74. The maximum absolute atomic E-state index is 5.81. The van der Waals surface area contributed by atoms with Gasteiger partial charge in [-0.2, -0.15) is 0 Å². The third-order valence-corrected chi connectivity index (χ3v) is 3.73. The summed E-state index contributed by atoms with van der Waals surface area (Å²) in [5, 5.41) is 0. The van der Waals surface area contributed by atoms with E-state index in [0.29, 0.717) is 6.61 Å². The van der Waals surface area contributed by atoms with Crippen molar-refractivity contribution in [3.05, 3.63) is 60.2 Å². The van der Waals surface area contributed by atoms with Crippen LogP contribution in [0.25, 0.3) is 11.1 Å². The molecule has 0 spiro atoms. The molecule has 0 amide bonds. The van der Waals surface area contributed by atoms with Gasteiger partial charge in [-0.25, -0.2) is 0 Å². The molecule has 2 aromatic rings. The van der Waals surface area contributed by atoms with Gasteiger partial charge in [-0.05, 0) is 37.5 Å². The summed E-state index contributed by atoms with van der Waals surface area (Å²) < 4.78 is 5.81. The summed E-state index contributed by atoms with van der Waals surface area (Å²) in [5.41, 5.74) is 6.05. The average molecular weight is 284 g/mol. The number of hydrogen-bond acceptors (Lipinski definition) is 3. The van der Waals surface area contributed by atoms with Crippen LogP contribution in [0.15, 0.2) is 54.6 Å². The van der Waals surface area contributed by atoms with E-state index >= 15 is 0 Å². The van der Waals surface area contributed by atoms with Gasteiger partial charge < -0.3 is 4.74 Å². The highest BCUT2D eigenvalue weighted by Crippen LogP contribution is 2.30. The third kappa shape index (κ3) is 3.70. The van der Waals surface area contributed by atoms with E-state index < -0.39 is 0 Å². The summed E-state index contributed by atoms with van der Waals surface area (Å²) in [6, 6.07) is 18.7. The number of ether oxygens (including phenoxy) is 1. The monoisotopic (exact) mass is 284 g/mol. The van der Waals surface area contributed by atoms with Gasteiger partial charge in [0.1, 0.15) is 0 Å². The molecule has 3 N–H and O–H groups in total. The molecule has 3 nitrogen and oxygen atoms in total. The van der Waals surface area contributed by atoms with E-state index in [-0.39, 0.29) is 11.6 Å². The Morgan fingerprint density at radius 1 is 1.00 bits per heavy atom. The highest BCUT2D eigenvalue weighted by molar-refractivity contribution is 5.63. The molecule has 0 radical (unpaired) electrons. The van der Waals surface area contributed by atoms with Gasteiger partial charge in [0, 0.05) is 6.61 Å². The molecule has 0 saturated heterocycles. The van der Waals surface area contributed by atoms with Crippen LogP contribution in [0, 0.1) is 0 Å². The van der Waals surface area contributed by atoms with Gasteiger partial charge in [0.25, 0.3) is 0 Å². The molecule has 112 valence electrons. The molecule has 0 aliphatic heterocycles. The van der Waals surface area contributed by atoms with Crippen molar-refractivity contribution in [3.8, 4) is 11.1 Å². The maximum Gasteiger partial charge on any atom is 0.0833 e. The molecule has 21 heavy (non-hydrogen) atoms. The lowest BCUT2D eigenvalue weighted by Crippen LogP contribution is -2.44. The van der Waals surface area contributed by atoms with Crippen molar-refractivity contribution in [1.29, 1.82) is 0 Å². The predicted molar refractivity (Wildman–Crippen MR) is 87.6 cm³/mol. The van der Waals surface area contributed by atoms with Crippen molar-refractivity contribution in [2.75, 3.05) is 6.61 Å². The molecule has 1 unspecified atom stereocenters. The third-order valence-electron chi connectivity index (χ3n) is 3.73. The van der Waals surface area contributed by atoms with Crippen molar-refractivity contribution in [3.63, 3.8) is 0 Å². The van der Waals surface area contributed by atoms with Crippen molar-refractivity contribution < 1.29 is 4.74 Å². The lowest BCUT2D eigenvalue weighted by molar-refractivity contribution is -0.0392. The molecular formula is C18H24N2O. The first-order chi connectivity index (χ1) is 10.1. The van der Waals surface area contributed by atoms with E-state index in [1.165, 1.54) is 11.1 Å². The van der Waals surface area contributed by atoms with Gasteiger partial charge in [0.05, 0.1) is 11.6 Å². The fraction of sp³-hybridized carbons (Fsp3) is 0.333. The van der Waals surface area contributed by atoms with Crippen LogP contribution in [-0.4, -0.2) is 12.2 Å². The standard InChI is InChI=1S/C18H24N2O/c1-4-21-18(2,3)17(20-19)16-12-10-15(11-13-16)14-8-6-5-7-9-14/h5-13,17,20H,4,19H2,1-3H3. The molecule has 0 fully saturated rings. The van der Waals surface area contributed by atoms with Crippen LogP contribution in [0.2, 0.25) is 0 Å². The quantitative estimate of drug-likeness (QED) is 0.628. The first kappa shape index (κ1) is 15.7. The molecule has 0 aromatic heterocycles. The van der Waals surface area contributed by atoms with Crippen LogP contribution >= 0.6 is 0 Å². The summed E-state index contributed by atoms with van der Waals surface area (Å²) >= 11 is 0. The maximum atomic E-state index is 5.81. The van der Waals surface area contributed by atoms with Crippen LogP contribution in [0.5, 0.6) is 0 Å². The van der Waals surface area contributed by atoms with Crippen LogP contribution in [0.4, 0.5) is 0 Å². The molecule has 3 heteroatoms. The van der Waals surface area contributed by atoms with Crippen LogP contribution in [0.3, 0.4) is 0 Å². The Morgan fingerprint density at radius 3 is 2.10 bits per heavy atom. The fourth-order valence-electron chi connectivity index (χ4n) is 2.65. The van der Waals surface area contributed by atoms with Gasteiger partial charge in [-0.1, -0.05) is 54.6 Å². The van der Waals surface area contributed by atoms with Crippen molar-refractivity contribution in [2.45, 2.75) is 32.4 Å². The molecule has 0 aliphatic carbocycles. The number of nitrogens with two attached hydrogens (primary N) is 1. The van der Waals surface area contributed by atoms with E-state index in [9.17, 15) is 0 Å². The second-order valence-electron chi connectivity index (χ2n) is 5.62. The Kier molecular flexibility index (Phi) is 5.12. The lowest BCUT2D eigenvalue weighted by Gasteiger charge is -2.34. The van der Waals surface area contributed by atoms with E-state index in [2.05, 4.69) is 41.8 Å². The summed E-state index contributed by atoms with van der Waals surface area (Å²) in [4.78, 5) is 0. The number of nitrogens with one attached hydrogen (secondary N) is 1. The molecule has 0 saturated carbocycles. The zero-order valence-electron chi connectivity index (χ0n) is 13.0. The first-order valence-corrected chi connectivity index (χ1v) is 7.34. The molecule has 0 heterocycles. The highest BCUT2D eigenvalue weighted by atomic mass is 16.5. The van der Waals surface area contributed by atoms with Crippen LogP contribution in [0.1, 0.15) is 32.4 Å². The SMILES string of the molecule is CCOC(C)(C)C(NN)c1ccc(-c2ccccc2)cc1. The first-order valence-electron chi connectivity index (χ1n) is 7.34. The summed E-state index contributed by atoms with van der Waals surface area (Å²) in [7, 11) is 0. The molecule has 2 aromatic carbocycles. The summed E-state index contributed by atoms with van der Waals surface area (Å²) in [6.07, 6.45) is 0. The number of hydrazine groups is 1. The minimum atomic E-state index is -0.363. The van der Waals surface area contributed by atoms with Crippen molar-refractivity contribution in [2.24, 2.45) is 5.84 Å². The number of rotatable bonds is 6. The van der Waals surface area contributed by atoms with Gasteiger partial charge >= 0.3 is 0 Å². The average Bonchev–Trinajstić information content (AvgIpc) is 2.49. The van der Waals surface area contributed by atoms with Gasteiger partial charge in [0.15, 0.2) is 0 Å². The number of benzene rings is 2. The fourth-order valence-corrected chi connectivity index (χ4v) is 2.65. The summed E-state index contributed by atoms with van der Waals surface area (Å²) in [6.45, 7) is 6.75. The van der Waals surface area contributed by atoms with Gasteiger partial charge in [-0.15, -0.1) is 0 Å². The predicted octanol–water partition coefficient (Wildman–Crippen LogP) is 3.67. The van der Waals surface area contributed by atoms with E-state index in [0.717, 1.165) is 5.56 Å².